The van der Waals surface area contributed by atoms with Gasteiger partial charge in [0.05, 0.1) is 17.6 Å². The van der Waals surface area contributed by atoms with Crippen molar-refractivity contribution in [3.05, 3.63) is 45.1 Å². The fraction of sp³-hybridized carbons (Fsp3) is 0.368. The van der Waals surface area contributed by atoms with E-state index in [9.17, 15) is 4.79 Å². The van der Waals surface area contributed by atoms with E-state index in [1.807, 2.05) is 31.2 Å². The molecular formula is C19H20N2O2S. The predicted octanol–water partition coefficient (Wildman–Crippen LogP) is 4.32. The summed E-state index contributed by atoms with van der Waals surface area (Å²) >= 11 is 1.68. The molecule has 1 N–H and O–H groups in total. The molecule has 0 atom stereocenters. The van der Waals surface area contributed by atoms with E-state index in [1.165, 1.54) is 23.3 Å². The lowest BCUT2D eigenvalue weighted by Crippen LogP contribution is -2.10. The van der Waals surface area contributed by atoms with Crippen LogP contribution in [-0.4, -0.2) is 16.6 Å². The molecular weight excluding hydrogens is 320 g/mol. The average molecular weight is 340 g/mol. The summed E-state index contributed by atoms with van der Waals surface area (Å²) in [6, 6.07) is 7.71. The fourth-order valence-corrected chi connectivity index (χ4v) is 4.67. The van der Waals surface area contributed by atoms with E-state index in [4.69, 9.17) is 9.72 Å². The molecule has 0 fully saturated rings. The molecule has 1 aliphatic rings. The van der Waals surface area contributed by atoms with E-state index in [2.05, 4.69) is 4.98 Å². The maximum atomic E-state index is 12.8. The van der Waals surface area contributed by atoms with Crippen LogP contribution >= 0.6 is 11.3 Å². The molecule has 0 aliphatic heterocycles. The van der Waals surface area contributed by atoms with Crippen LogP contribution in [0, 0.1) is 0 Å². The Balaban J connectivity index is 1.89. The van der Waals surface area contributed by atoms with E-state index in [0.29, 0.717) is 12.4 Å². The van der Waals surface area contributed by atoms with Gasteiger partial charge >= 0.3 is 0 Å². The minimum Gasteiger partial charge on any atom is -0.493 e. The summed E-state index contributed by atoms with van der Waals surface area (Å²) in [5.41, 5.74) is 2.04. The van der Waals surface area contributed by atoms with Gasteiger partial charge in [0.2, 0.25) is 0 Å². The first-order chi connectivity index (χ1) is 11.8. The summed E-state index contributed by atoms with van der Waals surface area (Å²) in [5, 5.41) is 0.801. The van der Waals surface area contributed by atoms with E-state index in [1.54, 1.807) is 11.3 Å². The van der Waals surface area contributed by atoms with Gasteiger partial charge in [-0.3, -0.25) is 4.79 Å². The number of H-pyrrole nitrogens is 1. The maximum absolute atomic E-state index is 12.8. The third-order valence-electron chi connectivity index (χ3n) is 4.52. The van der Waals surface area contributed by atoms with Gasteiger partial charge in [0.25, 0.3) is 5.56 Å². The second-order valence-corrected chi connectivity index (χ2v) is 7.17. The molecule has 0 bridgehead atoms. The van der Waals surface area contributed by atoms with E-state index >= 15 is 0 Å². The standard InChI is InChI=1S/C19H20N2O2S/c1-2-23-14-10-7-6-8-12(14)17-20-18(22)16-13-9-4-3-5-11-15(13)24-19(16)21-17/h6-8,10H,2-5,9,11H2,1H3,(H,20,21,22). The zero-order valence-electron chi connectivity index (χ0n) is 13.7. The SMILES string of the molecule is CCOc1ccccc1-c1nc2sc3c(c2c(=O)[nH]1)CCCCC3. The van der Waals surface area contributed by atoms with Crippen LogP contribution in [0.1, 0.15) is 36.6 Å². The Labute approximate surface area is 144 Å². The first-order valence-corrected chi connectivity index (χ1v) is 9.36. The van der Waals surface area contributed by atoms with Crippen LogP contribution < -0.4 is 10.3 Å². The lowest BCUT2D eigenvalue weighted by Gasteiger charge is -2.09. The van der Waals surface area contributed by atoms with E-state index in [0.717, 1.165) is 40.8 Å². The highest BCUT2D eigenvalue weighted by molar-refractivity contribution is 7.18. The van der Waals surface area contributed by atoms with Crippen molar-refractivity contribution < 1.29 is 4.74 Å². The van der Waals surface area contributed by atoms with Crippen LogP contribution in [0.5, 0.6) is 5.75 Å². The highest BCUT2D eigenvalue weighted by Gasteiger charge is 2.20. The molecule has 1 aliphatic carbocycles. The van der Waals surface area contributed by atoms with Crippen molar-refractivity contribution in [2.45, 2.75) is 39.0 Å². The van der Waals surface area contributed by atoms with Gasteiger partial charge in [0, 0.05) is 4.88 Å². The number of hydrogen-bond acceptors (Lipinski definition) is 4. The van der Waals surface area contributed by atoms with Crippen LogP contribution in [-0.2, 0) is 12.8 Å². The maximum Gasteiger partial charge on any atom is 0.260 e. The van der Waals surface area contributed by atoms with E-state index < -0.39 is 0 Å². The summed E-state index contributed by atoms with van der Waals surface area (Å²) in [7, 11) is 0. The molecule has 1 aromatic carbocycles. The number of rotatable bonds is 3. The average Bonchev–Trinajstić information content (AvgIpc) is 2.78. The number of aromatic nitrogens is 2. The zero-order chi connectivity index (χ0) is 16.5. The van der Waals surface area contributed by atoms with E-state index in [-0.39, 0.29) is 5.56 Å². The number of aromatic amines is 1. The van der Waals surface area contributed by atoms with Gasteiger partial charge < -0.3 is 9.72 Å². The van der Waals surface area contributed by atoms with Gasteiger partial charge in [-0.1, -0.05) is 18.6 Å². The minimum absolute atomic E-state index is 0.0271. The Morgan fingerprint density at radius 1 is 1.21 bits per heavy atom. The normalized spacial score (nSPS) is 14.4. The lowest BCUT2D eigenvalue weighted by atomic mass is 10.1. The van der Waals surface area contributed by atoms with Crippen LogP contribution in [0.25, 0.3) is 21.6 Å². The third-order valence-corrected chi connectivity index (χ3v) is 5.70. The molecule has 4 rings (SSSR count). The molecule has 5 heteroatoms. The number of benzene rings is 1. The summed E-state index contributed by atoms with van der Waals surface area (Å²) < 4.78 is 5.68. The summed E-state index contributed by atoms with van der Waals surface area (Å²) in [6.07, 6.45) is 5.68. The van der Waals surface area contributed by atoms with Crippen molar-refractivity contribution >= 4 is 21.6 Å². The molecule has 2 aromatic heterocycles. The quantitative estimate of drug-likeness (QED) is 0.723. The molecule has 2 heterocycles. The molecule has 0 amide bonds. The largest absolute Gasteiger partial charge is 0.493 e. The molecule has 24 heavy (non-hydrogen) atoms. The number of nitrogens with one attached hydrogen (secondary N) is 1. The molecule has 0 spiro atoms. The second kappa shape index (κ2) is 6.40. The molecule has 0 unspecified atom stereocenters. The first kappa shape index (κ1) is 15.4. The number of ether oxygens (including phenoxy) is 1. The Kier molecular flexibility index (Phi) is 4.10. The Hall–Kier alpha value is -2.14. The number of nitrogens with zero attached hydrogens (tertiary/aromatic N) is 1. The van der Waals surface area contributed by atoms with Crippen LogP contribution in [0.4, 0.5) is 0 Å². The van der Waals surface area contributed by atoms with Crippen molar-refractivity contribution in [1.29, 1.82) is 0 Å². The van der Waals surface area contributed by atoms with Crippen molar-refractivity contribution in [2.24, 2.45) is 0 Å². The smallest absolute Gasteiger partial charge is 0.260 e. The molecule has 4 nitrogen and oxygen atoms in total. The van der Waals surface area contributed by atoms with Crippen LogP contribution in [0.15, 0.2) is 29.1 Å². The Bertz CT molecular complexity index is 942. The van der Waals surface area contributed by atoms with Crippen molar-refractivity contribution in [1.82, 2.24) is 9.97 Å². The highest BCUT2D eigenvalue weighted by atomic mass is 32.1. The second-order valence-electron chi connectivity index (χ2n) is 6.09. The van der Waals surface area contributed by atoms with Gasteiger partial charge in [-0.05, 0) is 50.3 Å². The zero-order valence-corrected chi connectivity index (χ0v) is 14.5. The summed E-state index contributed by atoms with van der Waals surface area (Å²) in [5.74, 6) is 1.34. The predicted molar refractivity (Wildman–Crippen MR) is 98.1 cm³/mol. The lowest BCUT2D eigenvalue weighted by molar-refractivity contribution is 0.341. The number of fused-ring (bicyclic) bond motifs is 3. The summed E-state index contributed by atoms with van der Waals surface area (Å²) in [4.78, 5) is 22.7. The van der Waals surface area contributed by atoms with Crippen LogP contribution in [0.2, 0.25) is 0 Å². The number of para-hydroxylation sites is 1. The Morgan fingerprint density at radius 2 is 2.04 bits per heavy atom. The third kappa shape index (κ3) is 2.63. The van der Waals surface area contributed by atoms with Gasteiger partial charge in [-0.2, -0.15) is 0 Å². The van der Waals surface area contributed by atoms with Gasteiger partial charge in [-0.15, -0.1) is 11.3 Å². The Morgan fingerprint density at radius 3 is 2.92 bits per heavy atom. The molecule has 3 aromatic rings. The number of hydrogen-bond donors (Lipinski definition) is 1. The van der Waals surface area contributed by atoms with Gasteiger partial charge in [-0.25, -0.2) is 4.98 Å². The molecule has 0 saturated carbocycles. The molecule has 124 valence electrons. The number of thiophene rings is 1. The highest BCUT2D eigenvalue weighted by Crippen LogP contribution is 2.34. The minimum atomic E-state index is -0.0271. The van der Waals surface area contributed by atoms with Crippen LogP contribution in [0.3, 0.4) is 0 Å². The molecule has 0 radical (unpaired) electrons. The van der Waals surface area contributed by atoms with Gasteiger partial charge in [0.1, 0.15) is 16.4 Å². The van der Waals surface area contributed by atoms with Crippen molar-refractivity contribution in [3.63, 3.8) is 0 Å². The monoisotopic (exact) mass is 340 g/mol. The topological polar surface area (TPSA) is 55.0 Å². The van der Waals surface area contributed by atoms with Crippen molar-refractivity contribution in [2.75, 3.05) is 6.61 Å². The van der Waals surface area contributed by atoms with Crippen molar-refractivity contribution in [3.8, 4) is 17.1 Å². The fourth-order valence-electron chi connectivity index (χ4n) is 3.41. The molecule has 0 saturated heterocycles. The first-order valence-electron chi connectivity index (χ1n) is 8.54. The number of aryl methyl sites for hydroxylation is 2. The van der Waals surface area contributed by atoms with Gasteiger partial charge in [0.15, 0.2) is 0 Å². The summed E-state index contributed by atoms with van der Waals surface area (Å²) in [6.45, 7) is 2.53.